The number of ether oxygens (including phenoxy) is 1. The van der Waals surface area contributed by atoms with Crippen LogP contribution in [0, 0.1) is 19.7 Å². The zero-order valence-electron chi connectivity index (χ0n) is 16.0. The first-order valence-electron chi connectivity index (χ1n) is 8.87. The highest BCUT2D eigenvalue weighted by Gasteiger charge is 2.21. The molecule has 0 unspecified atom stereocenters. The second-order valence-electron chi connectivity index (χ2n) is 6.49. The fourth-order valence-electron chi connectivity index (χ4n) is 2.95. The molecule has 0 saturated carbocycles. The minimum Gasteiger partial charge on any atom is -0.452 e. The quantitative estimate of drug-likeness (QED) is 0.474. The number of benzene rings is 1. The van der Waals surface area contributed by atoms with Crippen molar-refractivity contribution in [2.75, 3.05) is 0 Å². The van der Waals surface area contributed by atoms with Gasteiger partial charge in [0.2, 0.25) is 5.89 Å². The molecule has 0 aliphatic carbocycles. The van der Waals surface area contributed by atoms with E-state index in [4.69, 9.17) is 9.15 Å². The van der Waals surface area contributed by atoms with E-state index in [1.54, 1.807) is 18.4 Å². The number of aryl methyl sites for hydroxylation is 2. The highest BCUT2D eigenvalue weighted by atomic mass is 19.1. The van der Waals surface area contributed by atoms with Crippen molar-refractivity contribution in [2.24, 2.45) is 0 Å². The van der Waals surface area contributed by atoms with Crippen LogP contribution in [0.2, 0.25) is 0 Å². The lowest BCUT2D eigenvalue weighted by Gasteiger charge is -2.12. The molecule has 9 nitrogen and oxygen atoms in total. The molecule has 0 aliphatic rings. The fraction of sp³-hybridized carbons (Fsp3) is 0.263. The molecule has 4 aromatic rings. The van der Waals surface area contributed by atoms with Gasteiger partial charge in [0.25, 0.3) is 11.7 Å². The van der Waals surface area contributed by atoms with Crippen LogP contribution in [0.25, 0.3) is 17.2 Å². The SMILES string of the molecule is Cc1nc2ncnn2c(C)c1CC(=O)O[C@H](C)c1nnc(-c2ccc(F)cc2)o1. The molecule has 0 fully saturated rings. The number of aromatic nitrogens is 6. The number of carbonyl (C=O) groups excluding carboxylic acids is 1. The van der Waals surface area contributed by atoms with Gasteiger partial charge in [0.1, 0.15) is 12.1 Å². The van der Waals surface area contributed by atoms with E-state index in [2.05, 4.69) is 25.3 Å². The summed E-state index contributed by atoms with van der Waals surface area (Å²) in [6, 6.07) is 5.66. The van der Waals surface area contributed by atoms with Gasteiger partial charge in [0, 0.05) is 22.5 Å². The first-order valence-corrected chi connectivity index (χ1v) is 8.87. The lowest BCUT2D eigenvalue weighted by molar-refractivity contribution is -0.148. The Labute approximate surface area is 164 Å². The van der Waals surface area contributed by atoms with Crippen molar-refractivity contribution in [1.82, 2.24) is 29.8 Å². The van der Waals surface area contributed by atoms with Crippen LogP contribution in [0.4, 0.5) is 4.39 Å². The van der Waals surface area contributed by atoms with Crippen LogP contribution >= 0.6 is 0 Å². The third kappa shape index (κ3) is 3.68. The molecule has 3 aromatic heterocycles. The predicted octanol–water partition coefficient (Wildman–Crippen LogP) is 2.78. The molecule has 0 aliphatic heterocycles. The number of hydrogen-bond donors (Lipinski definition) is 0. The Kier molecular flexibility index (Phi) is 4.75. The Hall–Kier alpha value is -3.69. The van der Waals surface area contributed by atoms with Gasteiger partial charge in [0.05, 0.1) is 6.42 Å². The molecule has 4 rings (SSSR count). The summed E-state index contributed by atoms with van der Waals surface area (Å²) < 4.78 is 25.6. The van der Waals surface area contributed by atoms with E-state index in [0.717, 1.165) is 11.3 Å². The van der Waals surface area contributed by atoms with Crippen molar-refractivity contribution in [1.29, 1.82) is 0 Å². The second-order valence-corrected chi connectivity index (χ2v) is 6.49. The Morgan fingerprint density at radius 2 is 2.00 bits per heavy atom. The van der Waals surface area contributed by atoms with Crippen LogP contribution in [0.3, 0.4) is 0 Å². The van der Waals surface area contributed by atoms with E-state index in [1.807, 2.05) is 6.92 Å². The van der Waals surface area contributed by atoms with Gasteiger partial charge >= 0.3 is 5.97 Å². The summed E-state index contributed by atoms with van der Waals surface area (Å²) in [6.07, 6.45) is 0.685. The third-order valence-electron chi connectivity index (χ3n) is 4.50. The molecule has 0 bridgehead atoms. The average Bonchev–Trinajstić information content (AvgIpc) is 3.35. The Morgan fingerprint density at radius 3 is 2.76 bits per heavy atom. The maximum atomic E-state index is 13.0. The highest BCUT2D eigenvalue weighted by molar-refractivity contribution is 5.73. The molecular weight excluding hydrogens is 379 g/mol. The number of esters is 1. The van der Waals surface area contributed by atoms with E-state index >= 15 is 0 Å². The van der Waals surface area contributed by atoms with Crippen LogP contribution in [0.1, 0.15) is 35.9 Å². The Morgan fingerprint density at radius 1 is 1.24 bits per heavy atom. The lowest BCUT2D eigenvalue weighted by atomic mass is 10.1. The first kappa shape index (κ1) is 18.7. The van der Waals surface area contributed by atoms with E-state index in [0.29, 0.717) is 17.0 Å². The topological polar surface area (TPSA) is 108 Å². The molecule has 29 heavy (non-hydrogen) atoms. The lowest BCUT2D eigenvalue weighted by Crippen LogP contribution is -2.15. The number of hydrogen-bond acceptors (Lipinski definition) is 8. The van der Waals surface area contributed by atoms with Gasteiger partial charge in [0.15, 0.2) is 6.10 Å². The molecule has 0 N–H and O–H groups in total. The molecule has 1 atom stereocenters. The molecule has 0 saturated heterocycles. The van der Waals surface area contributed by atoms with Crippen molar-refractivity contribution in [3.05, 3.63) is 59.3 Å². The summed E-state index contributed by atoms with van der Waals surface area (Å²) in [7, 11) is 0. The minimum absolute atomic E-state index is 0.0176. The van der Waals surface area contributed by atoms with E-state index < -0.39 is 12.1 Å². The standard InChI is InChI=1S/C19H17FN6O3/c1-10-15(11(2)26-19(23-10)21-9-22-26)8-16(27)28-12(3)17-24-25-18(29-17)13-4-6-14(20)7-5-13/h4-7,9,12H,8H2,1-3H3/t12-/m1/s1. The van der Waals surface area contributed by atoms with Crippen LogP contribution in [0.5, 0.6) is 0 Å². The summed E-state index contributed by atoms with van der Waals surface area (Å²) in [5, 5.41) is 12.0. The van der Waals surface area contributed by atoms with Crippen LogP contribution in [0.15, 0.2) is 35.0 Å². The molecule has 10 heteroatoms. The zero-order chi connectivity index (χ0) is 20.5. The van der Waals surface area contributed by atoms with Crippen LogP contribution in [-0.4, -0.2) is 35.7 Å². The predicted molar refractivity (Wildman–Crippen MR) is 98.2 cm³/mol. The van der Waals surface area contributed by atoms with Gasteiger partial charge in [-0.25, -0.2) is 13.9 Å². The molecular formula is C19H17FN6O3. The summed E-state index contributed by atoms with van der Waals surface area (Å²) in [5.74, 6) is 0.0162. The third-order valence-corrected chi connectivity index (χ3v) is 4.50. The maximum absolute atomic E-state index is 13.0. The molecule has 0 radical (unpaired) electrons. The molecule has 1 aromatic carbocycles. The number of halogens is 1. The molecule has 148 valence electrons. The Bertz CT molecular complexity index is 1180. The molecule has 0 spiro atoms. The van der Waals surface area contributed by atoms with Gasteiger partial charge in [-0.1, -0.05) is 0 Å². The number of carbonyl (C=O) groups is 1. The van der Waals surface area contributed by atoms with Crippen molar-refractivity contribution < 1.29 is 18.3 Å². The van der Waals surface area contributed by atoms with E-state index in [-0.39, 0.29) is 24.0 Å². The van der Waals surface area contributed by atoms with Gasteiger partial charge in [-0.2, -0.15) is 10.1 Å². The van der Waals surface area contributed by atoms with Crippen molar-refractivity contribution in [3.63, 3.8) is 0 Å². The van der Waals surface area contributed by atoms with E-state index in [1.165, 1.54) is 30.6 Å². The average molecular weight is 396 g/mol. The summed E-state index contributed by atoms with van der Waals surface area (Å²) in [4.78, 5) is 20.9. The smallest absolute Gasteiger partial charge is 0.311 e. The van der Waals surface area contributed by atoms with Gasteiger partial charge in [-0.05, 0) is 45.0 Å². The molecule has 3 heterocycles. The number of nitrogens with zero attached hydrogens (tertiary/aromatic N) is 6. The van der Waals surface area contributed by atoms with Crippen molar-refractivity contribution in [3.8, 4) is 11.5 Å². The van der Waals surface area contributed by atoms with Crippen LogP contribution < -0.4 is 0 Å². The maximum Gasteiger partial charge on any atom is 0.311 e. The van der Waals surface area contributed by atoms with E-state index in [9.17, 15) is 9.18 Å². The number of fused-ring (bicyclic) bond motifs is 1. The van der Waals surface area contributed by atoms with Crippen LogP contribution in [-0.2, 0) is 16.0 Å². The largest absolute Gasteiger partial charge is 0.452 e. The second kappa shape index (κ2) is 7.38. The zero-order valence-corrected chi connectivity index (χ0v) is 16.0. The van der Waals surface area contributed by atoms with Gasteiger partial charge in [-0.3, -0.25) is 4.79 Å². The fourth-order valence-corrected chi connectivity index (χ4v) is 2.95. The number of rotatable bonds is 5. The monoisotopic (exact) mass is 396 g/mol. The molecule has 0 amide bonds. The normalized spacial score (nSPS) is 12.3. The summed E-state index contributed by atoms with van der Waals surface area (Å²) >= 11 is 0. The Balaban J connectivity index is 1.47. The first-order chi connectivity index (χ1) is 13.9. The van der Waals surface area contributed by atoms with Crippen molar-refractivity contribution in [2.45, 2.75) is 33.3 Å². The summed E-state index contributed by atoms with van der Waals surface area (Å²) in [6.45, 7) is 5.29. The minimum atomic E-state index is -0.743. The van der Waals surface area contributed by atoms with Crippen molar-refractivity contribution >= 4 is 11.7 Å². The summed E-state index contributed by atoms with van der Waals surface area (Å²) in [5.41, 5.74) is 2.75. The van der Waals surface area contributed by atoms with Gasteiger partial charge in [-0.15, -0.1) is 10.2 Å². The van der Waals surface area contributed by atoms with Gasteiger partial charge < -0.3 is 9.15 Å². The highest BCUT2D eigenvalue weighted by Crippen LogP contribution is 2.23.